The van der Waals surface area contributed by atoms with E-state index in [0.29, 0.717) is 0 Å². The number of hydrogen-bond acceptors (Lipinski definition) is 3. The van der Waals surface area contributed by atoms with E-state index < -0.39 is 0 Å². The van der Waals surface area contributed by atoms with Crippen molar-refractivity contribution in [2.24, 2.45) is 0 Å². The highest BCUT2D eigenvalue weighted by Crippen LogP contribution is 2.32. The van der Waals surface area contributed by atoms with Gasteiger partial charge in [-0.25, -0.2) is 4.68 Å². The molecule has 0 saturated heterocycles. The van der Waals surface area contributed by atoms with Crippen molar-refractivity contribution in [2.45, 2.75) is 27.3 Å². The Morgan fingerprint density at radius 2 is 1.94 bits per heavy atom. The van der Waals surface area contributed by atoms with E-state index in [2.05, 4.69) is 36.0 Å². The van der Waals surface area contributed by atoms with Crippen LogP contribution in [-0.2, 0) is 6.54 Å². The van der Waals surface area contributed by atoms with E-state index in [1.54, 1.807) is 0 Å². The Kier molecular flexibility index (Phi) is 3.28. The van der Waals surface area contributed by atoms with Crippen LogP contribution in [0.2, 0.25) is 0 Å². The molecule has 0 radical (unpaired) electrons. The Balaban J connectivity index is 2.52. The molecule has 0 unspecified atom stereocenters. The number of hydrogen-bond donors (Lipinski definition) is 1. The largest absolute Gasteiger partial charge is 0.394 e. The molecule has 1 heterocycles. The minimum Gasteiger partial charge on any atom is -0.394 e. The predicted octanol–water partition coefficient (Wildman–Crippen LogP) is 2.87. The SMILES string of the molecule is CCn1nc(C)c(N)c1N(C)c1ccccc1C. The van der Waals surface area contributed by atoms with Gasteiger partial charge in [0.2, 0.25) is 0 Å². The van der Waals surface area contributed by atoms with Gasteiger partial charge in [-0.3, -0.25) is 0 Å². The molecule has 0 aliphatic carbocycles. The lowest BCUT2D eigenvalue weighted by Gasteiger charge is -2.22. The number of anilines is 3. The van der Waals surface area contributed by atoms with Gasteiger partial charge in [0.1, 0.15) is 0 Å². The molecule has 4 heteroatoms. The highest BCUT2D eigenvalue weighted by molar-refractivity contribution is 5.74. The molecule has 1 aromatic heterocycles. The molecule has 2 N–H and O–H groups in total. The lowest BCUT2D eigenvalue weighted by Crippen LogP contribution is -2.17. The fourth-order valence-corrected chi connectivity index (χ4v) is 2.21. The van der Waals surface area contributed by atoms with Crippen LogP contribution in [0.25, 0.3) is 0 Å². The maximum atomic E-state index is 6.14. The Labute approximate surface area is 108 Å². The second kappa shape index (κ2) is 4.72. The maximum absolute atomic E-state index is 6.14. The van der Waals surface area contributed by atoms with Crippen molar-refractivity contribution >= 4 is 17.2 Å². The quantitative estimate of drug-likeness (QED) is 0.903. The van der Waals surface area contributed by atoms with Gasteiger partial charge in [0.15, 0.2) is 5.82 Å². The molecular weight excluding hydrogens is 224 g/mol. The van der Waals surface area contributed by atoms with Gasteiger partial charge in [-0.05, 0) is 32.4 Å². The number of nitrogen functional groups attached to an aromatic ring is 1. The van der Waals surface area contributed by atoms with Crippen molar-refractivity contribution in [1.82, 2.24) is 9.78 Å². The first kappa shape index (κ1) is 12.5. The summed E-state index contributed by atoms with van der Waals surface area (Å²) in [7, 11) is 2.03. The summed E-state index contributed by atoms with van der Waals surface area (Å²) in [4.78, 5) is 2.11. The summed E-state index contributed by atoms with van der Waals surface area (Å²) < 4.78 is 1.94. The molecule has 0 aliphatic heterocycles. The number of rotatable bonds is 3. The van der Waals surface area contributed by atoms with Crippen LogP contribution in [0.5, 0.6) is 0 Å². The third-order valence-electron chi connectivity index (χ3n) is 3.24. The van der Waals surface area contributed by atoms with E-state index in [9.17, 15) is 0 Å². The zero-order chi connectivity index (χ0) is 13.3. The van der Waals surface area contributed by atoms with E-state index in [0.717, 1.165) is 29.4 Å². The van der Waals surface area contributed by atoms with E-state index >= 15 is 0 Å². The number of nitrogens with zero attached hydrogens (tertiary/aromatic N) is 3. The summed E-state index contributed by atoms with van der Waals surface area (Å²) in [5.74, 6) is 0.962. The zero-order valence-corrected chi connectivity index (χ0v) is 11.4. The highest BCUT2D eigenvalue weighted by Gasteiger charge is 2.17. The van der Waals surface area contributed by atoms with E-state index in [1.165, 1.54) is 5.56 Å². The van der Waals surface area contributed by atoms with Crippen molar-refractivity contribution < 1.29 is 0 Å². The molecule has 2 aromatic rings. The lowest BCUT2D eigenvalue weighted by atomic mass is 10.2. The van der Waals surface area contributed by atoms with Crippen LogP contribution in [0.1, 0.15) is 18.2 Å². The van der Waals surface area contributed by atoms with Crippen LogP contribution >= 0.6 is 0 Å². The van der Waals surface area contributed by atoms with Crippen molar-refractivity contribution in [3.05, 3.63) is 35.5 Å². The highest BCUT2D eigenvalue weighted by atomic mass is 15.4. The summed E-state index contributed by atoms with van der Waals surface area (Å²) in [5, 5.41) is 4.45. The van der Waals surface area contributed by atoms with E-state index in [1.807, 2.05) is 30.8 Å². The molecule has 96 valence electrons. The molecule has 0 atom stereocenters. The summed E-state index contributed by atoms with van der Waals surface area (Å²) >= 11 is 0. The summed E-state index contributed by atoms with van der Waals surface area (Å²) in [6, 6.07) is 8.27. The summed E-state index contributed by atoms with van der Waals surface area (Å²) in [6.07, 6.45) is 0. The second-order valence-corrected chi connectivity index (χ2v) is 4.48. The number of benzene rings is 1. The summed E-state index contributed by atoms with van der Waals surface area (Å²) in [5.41, 5.74) is 10.2. The molecule has 1 aromatic carbocycles. The zero-order valence-electron chi connectivity index (χ0n) is 11.4. The lowest BCUT2D eigenvalue weighted by molar-refractivity contribution is 0.652. The number of aryl methyl sites for hydroxylation is 3. The van der Waals surface area contributed by atoms with Crippen LogP contribution in [0.4, 0.5) is 17.2 Å². The molecule has 18 heavy (non-hydrogen) atoms. The van der Waals surface area contributed by atoms with Crippen LogP contribution in [-0.4, -0.2) is 16.8 Å². The van der Waals surface area contributed by atoms with Crippen molar-refractivity contribution in [3.8, 4) is 0 Å². The van der Waals surface area contributed by atoms with Crippen molar-refractivity contribution in [1.29, 1.82) is 0 Å². The Bertz CT molecular complexity index is 557. The van der Waals surface area contributed by atoms with Gasteiger partial charge in [-0.1, -0.05) is 18.2 Å². The van der Waals surface area contributed by atoms with Crippen molar-refractivity contribution in [3.63, 3.8) is 0 Å². The number of nitrogens with two attached hydrogens (primary N) is 1. The second-order valence-electron chi connectivity index (χ2n) is 4.48. The fraction of sp³-hybridized carbons (Fsp3) is 0.357. The number of aromatic nitrogens is 2. The average molecular weight is 244 g/mol. The molecule has 0 bridgehead atoms. The molecule has 2 rings (SSSR count). The van der Waals surface area contributed by atoms with Crippen LogP contribution in [0.3, 0.4) is 0 Å². The molecular formula is C14H20N4. The van der Waals surface area contributed by atoms with E-state index in [-0.39, 0.29) is 0 Å². The van der Waals surface area contributed by atoms with Crippen LogP contribution in [0.15, 0.2) is 24.3 Å². The molecule has 0 spiro atoms. The molecule has 0 saturated carbocycles. The Hall–Kier alpha value is -1.97. The van der Waals surface area contributed by atoms with Crippen molar-refractivity contribution in [2.75, 3.05) is 17.7 Å². The van der Waals surface area contributed by atoms with E-state index in [4.69, 9.17) is 5.73 Å². The maximum Gasteiger partial charge on any atom is 0.154 e. The molecule has 0 fully saturated rings. The van der Waals surface area contributed by atoms with Gasteiger partial charge >= 0.3 is 0 Å². The molecule has 0 aliphatic rings. The minimum atomic E-state index is 0.752. The van der Waals surface area contributed by atoms with Gasteiger partial charge in [0.05, 0.1) is 11.4 Å². The average Bonchev–Trinajstić information content (AvgIpc) is 2.65. The minimum absolute atomic E-state index is 0.752. The van der Waals surface area contributed by atoms with Gasteiger partial charge in [0.25, 0.3) is 0 Å². The monoisotopic (exact) mass is 244 g/mol. The van der Waals surface area contributed by atoms with Gasteiger partial charge in [-0.15, -0.1) is 0 Å². The number of para-hydroxylation sites is 1. The van der Waals surface area contributed by atoms with Crippen LogP contribution < -0.4 is 10.6 Å². The van der Waals surface area contributed by atoms with Gasteiger partial charge < -0.3 is 10.6 Å². The summed E-state index contributed by atoms with van der Waals surface area (Å²) in [6.45, 7) is 6.92. The normalized spacial score (nSPS) is 10.7. The topological polar surface area (TPSA) is 47.1 Å². The first-order valence-electron chi connectivity index (χ1n) is 6.18. The third-order valence-corrected chi connectivity index (χ3v) is 3.24. The fourth-order valence-electron chi connectivity index (χ4n) is 2.21. The smallest absolute Gasteiger partial charge is 0.154 e. The molecule has 4 nitrogen and oxygen atoms in total. The molecule has 0 amide bonds. The first-order chi connectivity index (χ1) is 8.56. The Morgan fingerprint density at radius 1 is 1.28 bits per heavy atom. The first-order valence-corrected chi connectivity index (χ1v) is 6.18. The predicted molar refractivity (Wildman–Crippen MR) is 76.3 cm³/mol. The standard InChI is InChI=1S/C14H20N4/c1-5-18-14(13(15)11(3)16-18)17(4)12-9-7-6-8-10(12)2/h6-9H,5,15H2,1-4H3. The Morgan fingerprint density at radius 3 is 2.56 bits per heavy atom. The third kappa shape index (κ3) is 1.94. The van der Waals surface area contributed by atoms with Gasteiger partial charge in [0, 0.05) is 19.3 Å². The van der Waals surface area contributed by atoms with Crippen LogP contribution in [0, 0.1) is 13.8 Å². The van der Waals surface area contributed by atoms with Gasteiger partial charge in [-0.2, -0.15) is 5.10 Å².